The number of hydrogen-bond acceptors (Lipinski definition) is 2. The van der Waals surface area contributed by atoms with Crippen LogP contribution in [-0.4, -0.2) is 7.05 Å². The number of rotatable bonds is 3. The van der Waals surface area contributed by atoms with Crippen LogP contribution in [0.5, 0.6) is 0 Å². The Bertz CT molecular complexity index is 527. The summed E-state index contributed by atoms with van der Waals surface area (Å²) in [5.74, 6) is -1.10. The minimum atomic E-state index is -0.564. The lowest BCUT2D eigenvalue weighted by atomic mass is 10.0. The van der Waals surface area contributed by atoms with Gasteiger partial charge in [0.1, 0.15) is 11.6 Å². The van der Waals surface area contributed by atoms with Crippen LogP contribution in [0.2, 0.25) is 0 Å². The topological polar surface area (TPSA) is 12.0 Å². The molecule has 5 heteroatoms. The van der Waals surface area contributed by atoms with E-state index in [4.69, 9.17) is 0 Å². The minimum absolute atomic E-state index is 0.273. The normalized spacial score (nSPS) is 12.7. The molecule has 1 aromatic carbocycles. The lowest BCUT2D eigenvalue weighted by Gasteiger charge is -2.16. The van der Waals surface area contributed by atoms with Gasteiger partial charge in [-0.2, -0.15) is 0 Å². The van der Waals surface area contributed by atoms with Gasteiger partial charge in [-0.3, -0.25) is 0 Å². The van der Waals surface area contributed by atoms with E-state index >= 15 is 0 Å². The van der Waals surface area contributed by atoms with E-state index in [2.05, 4.69) is 21.2 Å². The first-order chi connectivity index (χ1) is 8.13. The largest absolute Gasteiger partial charge is 0.309 e. The summed E-state index contributed by atoms with van der Waals surface area (Å²) in [6, 6.07) is 5.28. The predicted octanol–water partition coefficient (Wildman–Crippen LogP) is 4.10. The van der Waals surface area contributed by atoms with Crippen LogP contribution in [0.4, 0.5) is 8.78 Å². The predicted molar refractivity (Wildman–Crippen MR) is 69.3 cm³/mol. The number of thiophene rings is 1. The summed E-state index contributed by atoms with van der Waals surface area (Å²) in [6.07, 6.45) is 0. The molecule has 0 aliphatic rings. The second kappa shape index (κ2) is 5.25. The molecule has 2 aromatic rings. The molecule has 0 bridgehead atoms. The Morgan fingerprint density at radius 2 is 2.06 bits per heavy atom. The van der Waals surface area contributed by atoms with E-state index in [1.54, 1.807) is 7.05 Å². The van der Waals surface area contributed by atoms with E-state index in [0.717, 1.165) is 15.4 Å². The third kappa shape index (κ3) is 2.56. The van der Waals surface area contributed by atoms with Crippen molar-refractivity contribution in [2.45, 2.75) is 6.04 Å². The molecule has 1 unspecified atom stereocenters. The van der Waals surface area contributed by atoms with Gasteiger partial charge in [0.2, 0.25) is 0 Å². The molecule has 1 heterocycles. The fraction of sp³-hybridized carbons (Fsp3) is 0.167. The van der Waals surface area contributed by atoms with Gasteiger partial charge in [0, 0.05) is 21.0 Å². The minimum Gasteiger partial charge on any atom is -0.309 e. The molecule has 0 aliphatic carbocycles. The van der Waals surface area contributed by atoms with Crippen molar-refractivity contribution in [3.8, 4) is 0 Å². The SMILES string of the molecule is CNC(c1ccc(F)cc1F)c1sccc1Br. The molecular weight excluding hydrogens is 308 g/mol. The zero-order valence-corrected chi connectivity index (χ0v) is 11.4. The molecule has 0 spiro atoms. The first-order valence-electron chi connectivity index (χ1n) is 4.98. The van der Waals surface area contributed by atoms with Crippen LogP contribution >= 0.6 is 27.3 Å². The Kier molecular flexibility index (Phi) is 3.91. The fourth-order valence-corrected chi connectivity index (χ4v) is 3.40. The first-order valence-corrected chi connectivity index (χ1v) is 6.66. The second-order valence-electron chi connectivity index (χ2n) is 3.52. The molecule has 0 aliphatic heterocycles. The summed E-state index contributed by atoms with van der Waals surface area (Å²) in [4.78, 5) is 0.970. The molecule has 0 fully saturated rings. The zero-order chi connectivity index (χ0) is 12.4. The van der Waals surface area contributed by atoms with Crippen LogP contribution in [0.15, 0.2) is 34.1 Å². The summed E-state index contributed by atoms with van der Waals surface area (Å²) in [6.45, 7) is 0. The molecule has 0 saturated carbocycles. The van der Waals surface area contributed by atoms with Crippen molar-refractivity contribution in [3.63, 3.8) is 0 Å². The highest BCUT2D eigenvalue weighted by molar-refractivity contribution is 9.10. The third-order valence-electron chi connectivity index (χ3n) is 2.47. The fourth-order valence-electron chi connectivity index (χ4n) is 1.67. The lowest BCUT2D eigenvalue weighted by molar-refractivity contribution is 0.553. The number of hydrogen-bond donors (Lipinski definition) is 1. The summed E-state index contributed by atoms with van der Waals surface area (Å²) in [5, 5.41) is 4.96. The molecule has 0 saturated heterocycles. The maximum absolute atomic E-state index is 13.7. The van der Waals surface area contributed by atoms with Crippen LogP contribution in [-0.2, 0) is 0 Å². The van der Waals surface area contributed by atoms with Crippen molar-refractivity contribution in [1.29, 1.82) is 0 Å². The van der Waals surface area contributed by atoms with Gasteiger partial charge in [0.25, 0.3) is 0 Å². The van der Waals surface area contributed by atoms with Gasteiger partial charge in [0.15, 0.2) is 0 Å². The van der Waals surface area contributed by atoms with Crippen molar-refractivity contribution in [1.82, 2.24) is 5.32 Å². The monoisotopic (exact) mass is 317 g/mol. The number of nitrogens with one attached hydrogen (secondary N) is 1. The molecule has 1 aromatic heterocycles. The molecule has 1 nitrogen and oxygen atoms in total. The molecule has 0 amide bonds. The van der Waals surface area contributed by atoms with Gasteiger partial charge in [-0.1, -0.05) is 6.07 Å². The molecule has 1 atom stereocenters. The van der Waals surface area contributed by atoms with Gasteiger partial charge < -0.3 is 5.32 Å². The molecule has 90 valence electrons. The quantitative estimate of drug-likeness (QED) is 0.898. The van der Waals surface area contributed by atoms with Gasteiger partial charge >= 0.3 is 0 Å². The van der Waals surface area contributed by atoms with Crippen molar-refractivity contribution in [3.05, 3.63) is 56.2 Å². The molecule has 2 rings (SSSR count). The first kappa shape index (κ1) is 12.7. The lowest BCUT2D eigenvalue weighted by Crippen LogP contribution is -2.18. The van der Waals surface area contributed by atoms with Gasteiger partial charge in [0.05, 0.1) is 6.04 Å². The summed E-state index contributed by atoms with van der Waals surface area (Å²) < 4.78 is 27.5. The second-order valence-corrected chi connectivity index (χ2v) is 5.32. The van der Waals surface area contributed by atoms with E-state index in [1.807, 2.05) is 11.4 Å². The van der Waals surface area contributed by atoms with Crippen molar-refractivity contribution in [2.24, 2.45) is 0 Å². The molecule has 0 radical (unpaired) electrons. The Hall–Kier alpha value is -0.780. The van der Waals surface area contributed by atoms with Crippen LogP contribution in [0.25, 0.3) is 0 Å². The average molecular weight is 318 g/mol. The maximum atomic E-state index is 13.7. The highest BCUT2D eigenvalue weighted by Crippen LogP contribution is 2.33. The van der Waals surface area contributed by atoms with Crippen LogP contribution < -0.4 is 5.32 Å². The van der Waals surface area contributed by atoms with Crippen LogP contribution in [0.1, 0.15) is 16.5 Å². The Balaban J connectivity index is 2.46. The highest BCUT2D eigenvalue weighted by atomic mass is 79.9. The van der Waals surface area contributed by atoms with E-state index in [0.29, 0.717) is 5.56 Å². The average Bonchev–Trinajstić information content (AvgIpc) is 2.69. The van der Waals surface area contributed by atoms with E-state index in [1.165, 1.54) is 23.5 Å². The van der Waals surface area contributed by atoms with Gasteiger partial charge in [-0.25, -0.2) is 8.78 Å². The van der Waals surface area contributed by atoms with E-state index < -0.39 is 11.6 Å². The van der Waals surface area contributed by atoms with E-state index in [9.17, 15) is 8.78 Å². The Labute approximate surface area is 111 Å². The summed E-state index contributed by atoms with van der Waals surface area (Å²) in [5.41, 5.74) is 0.442. The molecule has 17 heavy (non-hydrogen) atoms. The zero-order valence-electron chi connectivity index (χ0n) is 9.01. The van der Waals surface area contributed by atoms with Crippen LogP contribution in [0, 0.1) is 11.6 Å². The summed E-state index contributed by atoms with van der Waals surface area (Å²) in [7, 11) is 1.75. The smallest absolute Gasteiger partial charge is 0.131 e. The van der Waals surface area contributed by atoms with Crippen molar-refractivity contribution < 1.29 is 8.78 Å². The van der Waals surface area contributed by atoms with Crippen molar-refractivity contribution in [2.75, 3.05) is 7.05 Å². The van der Waals surface area contributed by atoms with Crippen molar-refractivity contribution >= 4 is 27.3 Å². The Morgan fingerprint density at radius 3 is 2.59 bits per heavy atom. The number of benzene rings is 1. The number of halogens is 3. The van der Waals surface area contributed by atoms with Crippen LogP contribution in [0.3, 0.4) is 0 Å². The molecular formula is C12H10BrF2NS. The standard InChI is InChI=1S/C12H10BrF2NS/c1-16-11(12-9(13)4-5-17-12)8-3-2-7(14)6-10(8)15/h2-6,11,16H,1H3. The molecule has 1 N–H and O–H groups in total. The van der Waals surface area contributed by atoms with Gasteiger partial charge in [-0.15, -0.1) is 11.3 Å². The third-order valence-corrected chi connectivity index (χ3v) is 4.40. The Morgan fingerprint density at radius 1 is 1.29 bits per heavy atom. The highest BCUT2D eigenvalue weighted by Gasteiger charge is 2.19. The summed E-state index contributed by atoms with van der Waals surface area (Å²) >= 11 is 4.94. The maximum Gasteiger partial charge on any atom is 0.131 e. The van der Waals surface area contributed by atoms with Gasteiger partial charge in [-0.05, 0) is 40.5 Å². The van der Waals surface area contributed by atoms with E-state index in [-0.39, 0.29) is 6.04 Å².